The van der Waals surface area contributed by atoms with Gasteiger partial charge < -0.3 is 10.4 Å². The van der Waals surface area contributed by atoms with Gasteiger partial charge in [-0.15, -0.1) is 0 Å². The molecule has 1 aromatic rings. The normalized spacial score (nSPS) is 11.8. The third-order valence-corrected chi connectivity index (χ3v) is 1.78. The molecule has 0 amide bonds. The summed E-state index contributed by atoms with van der Waals surface area (Å²) in [7, 11) is 0. The first-order chi connectivity index (χ1) is 6.77. The van der Waals surface area contributed by atoms with Crippen LogP contribution in [-0.2, 0) is 0 Å². The molecule has 0 aliphatic rings. The highest BCUT2D eigenvalue weighted by atomic mass is 16.3. The van der Waals surface area contributed by atoms with Crippen LogP contribution in [0.2, 0.25) is 0 Å². The van der Waals surface area contributed by atoms with Gasteiger partial charge in [-0.3, -0.25) is 0 Å². The van der Waals surface area contributed by atoms with E-state index in [1.807, 2.05) is 13.0 Å². The van der Waals surface area contributed by atoms with Gasteiger partial charge in [0, 0.05) is 12.6 Å². The first-order valence-corrected chi connectivity index (χ1v) is 4.35. The summed E-state index contributed by atoms with van der Waals surface area (Å²) < 4.78 is 0. The van der Waals surface area contributed by atoms with Crippen molar-refractivity contribution in [3.8, 4) is 6.07 Å². The van der Waals surface area contributed by atoms with Crippen molar-refractivity contribution in [2.24, 2.45) is 0 Å². The maximum absolute atomic E-state index is 8.74. The van der Waals surface area contributed by atoms with Crippen molar-refractivity contribution in [2.75, 3.05) is 11.9 Å². The molecule has 0 saturated carbocycles. The molecule has 0 fully saturated rings. The minimum atomic E-state index is 0.0852. The SMILES string of the molecule is CC(CCO)Nc1ncncc1C#N. The fourth-order valence-electron chi connectivity index (χ4n) is 1.03. The van der Waals surface area contributed by atoms with Gasteiger partial charge in [-0.05, 0) is 13.3 Å². The van der Waals surface area contributed by atoms with Crippen molar-refractivity contribution < 1.29 is 5.11 Å². The van der Waals surface area contributed by atoms with Crippen molar-refractivity contribution in [3.63, 3.8) is 0 Å². The van der Waals surface area contributed by atoms with Crippen molar-refractivity contribution in [1.29, 1.82) is 5.26 Å². The molecule has 5 nitrogen and oxygen atoms in total. The average molecular weight is 192 g/mol. The topological polar surface area (TPSA) is 81.8 Å². The van der Waals surface area contributed by atoms with Crippen LogP contribution in [0.4, 0.5) is 5.82 Å². The second-order valence-electron chi connectivity index (χ2n) is 2.95. The van der Waals surface area contributed by atoms with E-state index in [4.69, 9.17) is 10.4 Å². The summed E-state index contributed by atoms with van der Waals surface area (Å²) in [6.45, 7) is 2.03. The van der Waals surface area contributed by atoms with Crippen LogP contribution in [0.1, 0.15) is 18.9 Å². The van der Waals surface area contributed by atoms with E-state index in [0.717, 1.165) is 0 Å². The quantitative estimate of drug-likeness (QED) is 0.727. The summed E-state index contributed by atoms with van der Waals surface area (Å²) in [5.74, 6) is 0.517. The Labute approximate surface area is 82.4 Å². The summed E-state index contributed by atoms with van der Waals surface area (Å²) in [5.41, 5.74) is 0.414. The number of anilines is 1. The minimum Gasteiger partial charge on any atom is -0.396 e. The van der Waals surface area contributed by atoms with E-state index in [1.165, 1.54) is 12.5 Å². The molecule has 0 saturated heterocycles. The highest BCUT2D eigenvalue weighted by molar-refractivity contribution is 5.50. The largest absolute Gasteiger partial charge is 0.396 e. The number of hydrogen-bond acceptors (Lipinski definition) is 5. The van der Waals surface area contributed by atoms with Gasteiger partial charge in [0.25, 0.3) is 0 Å². The van der Waals surface area contributed by atoms with E-state index in [9.17, 15) is 0 Å². The number of rotatable bonds is 4. The predicted octanol–water partition coefficient (Wildman–Crippen LogP) is 0.531. The lowest BCUT2D eigenvalue weighted by Crippen LogP contribution is -2.18. The molecule has 0 bridgehead atoms. The Hall–Kier alpha value is -1.67. The van der Waals surface area contributed by atoms with E-state index in [1.54, 1.807) is 0 Å². The Bertz CT molecular complexity index is 334. The van der Waals surface area contributed by atoms with Gasteiger partial charge in [-0.25, -0.2) is 9.97 Å². The highest BCUT2D eigenvalue weighted by Gasteiger charge is 2.06. The van der Waals surface area contributed by atoms with E-state index in [-0.39, 0.29) is 12.6 Å². The van der Waals surface area contributed by atoms with E-state index in [2.05, 4.69) is 15.3 Å². The zero-order valence-electron chi connectivity index (χ0n) is 7.94. The summed E-state index contributed by atoms with van der Waals surface area (Å²) >= 11 is 0. The number of aromatic nitrogens is 2. The van der Waals surface area contributed by atoms with Crippen molar-refractivity contribution >= 4 is 5.82 Å². The lowest BCUT2D eigenvalue weighted by atomic mass is 10.2. The molecular formula is C9H12N4O. The van der Waals surface area contributed by atoms with E-state index < -0.39 is 0 Å². The molecule has 1 unspecified atom stereocenters. The maximum atomic E-state index is 8.74. The number of nitrogens with zero attached hydrogens (tertiary/aromatic N) is 3. The van der Waals surface area contributed by atoms with Crippen molar-refractivity contribution in [2.45, 2.75) is 19.4 Å². The zero-order valence-corrected chi connectivity index (χ0v) is 7.94. The number of nitriles is 1. The van der Waals surface area contributed by atoms with Crippen LogP contribution in [0.5, 0.6) is 0 Å². The van der Waals surface area contributed by atoms with Crippen LogP contribution in [0, 0.1) is 11.3 Å². The van der Waals surface area contributed by atoms with Crippen LogP contribution < -0.4 is 5.32 Å². The molecular weight excluding hydrogens is 180 g/mol. The second-order valence-corrected chi connectivity index (χ2v) is 2.95. The van der Waals surface area contributed by atoms with Gasteiger partial charge in [-0.1, -0.05) is 0 Å². The second kappa shape index (κ2) is 5.14. The number of nitrogens with one attached hydrogen (secondary N) is 1. The van der Waals surface area contributed by atoms with Crippen molar-refractivity contribution in [3.05, 3.63) is 18.1 Å². The molecule has 2 N–H and O–H groups in total. The number of aliphatic hydroxyl groups excluding tert-OH is 1. The van der Waals surface area contributed by atoms with Crippen LogP contribution in [0.15, 0.2) is 12.5 Å². The van der Waals surface area contributed by atoms with Gasteiger partial charge in [0.05, 0.1) is 6.20 Å². The van der Waals surface area contributed by atoms with Crippen LogP contribution in [0.25, 0.3) is 0 Å². The van der Waals surface area contributed by atoms with Gasteiger partial charge in [-0.2, -0.15) is 5.26 Å². The summed E-state index contributed by atoms with van der Waals surface area (Å²) in [6.07, 6.45) is 3.46. The van der Waals surface area contributed by atoms with Gasteiger partial charge in [0.1, 0.15) is 23.8 Å². The molecule has 0 aromatic carbocycles. The number of hydrogen-bond donors (Lipinski definition) is 2. The third-order valence-electron chi connectivity index (χ3n) is 1.78. The smallest absolute Gasteiger partial charge is 0.147 e. The lowest BCUT2D eigenvalue weighted by Gasteiger charge is -2.13. The molecule has 1 atom stereocenters. The Morgan fingerprint density at radius 1 is 1.71 bits per heavy atom. The first kappa shape index (κ1) is 10.4. The fraction of sp³-hybridized carbons (Fsp3) is 0.444. The maximum Gasteiger partial charge on any atom is 0.147 e. The van der Waals surface area contributed by atoms with Crippen LogP contribution in [-0.4, -0.2) is 27.7 Å². The summed E-state index contributed by atoms with van der Waals surface area (Å²) in [4.78, 5) is 7.69. The first-order valence-electron chi connectivity index (χ1n) is 4.35. The Morgan fingerprint density at radius 2 is 2.50 bits per heavy atom. The summed E-state index contributed by atoms with van der Waals surface area (Å²) in [5, 5.41) is 20.5. The highest BCUT2D eigenvalue weighted by Crippen LogP contribution is 2.10. The molecule has 74 valence electrons. The lowest BCUT2D eigenvalue weighted by molar-refractivity contribution is 0.282. The van der Waals surface area contributed by atoms with Gasteiger partial charge >= 0.3 is 0 Å². The zero-order chi connectivity index (χ0) is 10.4. The average Bonchev–Trinajstić information content (AvgIpc) is 2.19. The molecule has 5 heteroatoms. The molecule has 1 heterocycles. The van der Waals surface area contributed by atoms with Crippen LogP contribution in [0.3, 0.4) is 0 Å². The Kier molecular flexibility index (Phi) is 3.83. The molecule has 0 aliphatic carbocycles. The molecule has 0 spiro atoms. The van der Waals surface area contributed by atoms with E-state index in [0.29, 0.717) is 17.8 Å². The summed E-state index contributed by atoms with van der Waals surface area (Å²) in [6, 6.07) is 2.08. The van der Waals surface area contributed by atoms with Gasteiger partial charge in [0.15, 0.2) is 0 Å². The molecule has 0 radical (unpaired) electrons. The minimum absolute atomic E-state index is 0.0852. The molecule has 0 aliphatic heterocycles. The third kappa shape index (κ3) is 2.68. The Morgan fingerprint density at radius 3 is 3.14 bits per heavy atom. The monoisotopic (exact) mass is 192 g/mol. The number of aliphatic hydroxyl groups is 1. The molecule has 14 heavy (non-hydrogen) atoms. The van der Waals surface area contributed by atoms with Crippen molar-refractivity contribution in [1.82, 2.24) is 9.97 Å². The van der Waals surface area contributed by atoms with Crippen LogP contribution >= 0.6 is 0 Å². The van der Waals surface area contributed by atoms with E-state index >= 15 is 0 Å². The standard InChI is InChI=1S/C9H12N4O/c1-7(2-3-14)13-9-8(4-10)5-11-6-12-9/h5-7,14H,2-3H2,1H3,(H,11,12,13). The molecule has 1 rings (SSSR count). The predicted molar refractivity (Wildman–Crippen MR) is 51.5 cm³/mol. The molecule has 1 aromatic heterocycles. The Balaban J connectivity index is 2.71. The fourth-order valence-corrected chi connectivity index (χ4v) is 1.03. The van der Waals surface area contributed by atoms with Gasteiger partial charge in [0.2, 0.25) is 0 Å².